The maximum Gasteiger partial charge on any atom is 0.185 e. The van der Waals surface area contributed by atoms with Crippen molar-refractivity contribution in [1.29, 1.82) is 0 Å². The molecule has 4 aromatic carbocycles. The molecule has 1 atom stereocenters. The molecule has 4 aromatic rings. The summed E-state index contributed by atoms with van der Waals surface area (Å²) in [6.07, 6.45) is 3.88. The van der Waals surface area contributed by atoms with E-state index in [4.69, 9.17) is 0 Å². The molecule has 1 heteroatoms. The average molecular weight is 396 g/mol. The number of carbonyl (C=O) groups excluding carboxylic acids is 1. The Morgan fingerprint density at radius 2 is 1.03 bits per heavy atom. The molecule has 2 aliphatic carbocycles. The number of hydrogen-bond acceptors (Lipinski definition) is 1. The molecule has 0 amide bonds. The molecule has 6 rings (SSSR count). The number of carbonyl (C=O) groups is 1. The van der Waals surface area contributed by atoms with Gasteiger partial charge in [0.2, 0.25) is 0 Å². The normalized spacial score (nSPS) is 18.9. The van der Waals surface area contributed by atoms with Crippen LogP contribution in [0, 0.1) is 0 Å². The maximum atomic E-state index is 12.8. The standard InChI is InChI=1S/C30H20O/c31-27-19-20-30(25-17-9-7-15-23(25)27)26-18-10-8-16-24(26)28(21-11-3-1-4-12-21)29(30)22-13-5-2-6-14-22/h1-20H/t30-/m0/s1. The van der Waals surface area contributed by atoms with Crippen molar-refractivity contribution < 1.29 is 4.79 Å². The van der Waals surface area contributed by atoms with Crippen molar-refractivity contribution in [2.45, 2.75) is 5.41 Å². The fraction of sp³-hybridized carbons (Fsp3) is 0.0333. The van der Waals surface area contributed by atoms with Gasteiger partial charge < -0.3 is 0 Å². The lowest BCUT2D eigenvalue weighted by molar-refractivity contribution is 0.104. The van der Waals surface area contributed by atoms with E-state index < -0.39 is 5.41 Å². The summed E-state index contributed by atoms with van der Waals surface area (Å²) in [6.45, 7) is 0. The molecule has 2 aliphatic rings. The van der Waals surface area contributed by atoms with Crippen LogP contribution >= 0.6 is 0 Å². The Kier molecular flexibility index (Phi) is 3.91. The van der Waals surface area contributed by atoms with Crippen LogP contribution in [-0.2, 0) is 5.41 Å². The van der Waals surface area contributed by atoms with Crippen molar-refractivity contribution in [3.63, 3.8) is 0 Å². The molecule has 0 unspecified atom stereocenters. The van der Waals surface area contributed by atoms with Crippen LogP contribution in [0.4, 0.5) is 0 Å². The lowest BCUT2D eigenvalue weighted by Crippen LogP contribution is -2.30. The summed E-state index contributed by atoms with van der Waals surface area (Å²) in [4.78, 5) is 12.8. The molecule has 0 saturated carbocycles. The molecule has 0 fully saturated rings. The zero-order chi connectivity index (χ0) is 20.8. The van der Waals surface area contributed by atoms with Crippen LogP contribution in [-0.4, -0.2) is 5.78 Å². The van der Waals surface area contributed by atoms with Crippen molar-refractivity contribution >= 4 is 16.9 Å². The molecule has 1 spiro atoms. The zero-order valence-electron chi connectivity index (χ0n) is 17.0. The third kappa shape index (κ3) is 2.47. The summed E-state index contributed by atoms with van der Waals surface area (Å²) in [5, 5.41) is 0. The molecule has 0 N–H and O–H groups in total. The van der Waals surface area contributed by atoms with E-state index in [1.54, 1.807) is 6.08 Å². The van der Waals surface area contributed by atoms with Crippen molar-refractivity contribution in [1.82, 2.24) is 0 Å². The van der Waals surface area contributed by atoms with E-state index in [0.29, 0.717) is 0 Å². The SMILES string of the molecule is O=C1C=C[C@]2(C(c3ccccc3)=C(c3ccccc3)c3ccccc32)c2ccccc21. The summed E-state index contributed by atoms with van der Waals surface area (Å²) in [7, 11) is 0. The molecule has 0 saturated heterocycles. The minimum atomic E-state index is -0.506. The predicted octanol–water partition coefficient (Wildman–Crippen LogP) is 6.70. The molecule has 0 aromatic heterocycles. The van der Waals surface area contributed by atoms with Crippen LogP contribution in [0.5, 0.6) is 0 Å². The smallest absolute Gasteiger partial charge is 0.185 e. The second-order valence-electron chi connectivity index (χ2n) is 8.08. The first-order chi connectivity index (χ1) is 15.3. The van der Waals surface area contributed by atoms with Gasteiger partial charge in [-0.25, -0.2) is 0 Å². The van der Waals surface area contributed by atoms with Gasteiger partial charge in [-0.2, -0.15) is 0 Å². The van der Waals surface area contributed by atoms with E-state index >= 15 is 0 Å². The summed E-state index contributed by atoms with van der Waals surface area (Å²) >= 11 is 0. The van der Waals surface area contributed by atoms with E-state index in [1.165, 1.54) is 33.4 Å². The quantitative estimate of drug-likeness (QED) is 0.368. The minimum Gasteiger partial charge on any atom is -0.289 e. The summed E-state index contributed by atoms with van der Waals surface area (Å²) in [6, 6.07) is 37.9. The maximum absolute atomic E-state index is 12.8. The summed E-state index contributed by atoms with van der Waals surface area (Å²) < 4.78 is 0. The fourth-order valence-electron chi connectivity index (χ4n) is 5.27. The number of rotatable bonds is 2. The van der Waals surface area contributed by atoms with E-state index in [9.17, 15) is 4.79 Å². The number of benzene rings is 4. The van der Waals surface area contributed by atoms with Crippen molar-refractivity contribution in [3.8, 4) is 0 Å². The number of allylic oxidation sites excluding steroid dienone is 3. The van der Waals surface area contributed by atoms with E-state index in [0.717, 1.165) is 11.1 Å². The number of hydrogen-bond donors (Lipinski definition) is 0. The van der Waals surface area contributed by atoms with Crippen molar-refractivity contribution in [3.05, 3.63) is 155 Å². The Morgan fingerprint density at radius 1 is 0.516 bits per heavy atom. The lowest BCUT2D eigenvalue weighted by Gasteiger charge is -2.35. The first-order valence-electron chi connectivity index (χ1n) is 10.6. The van der Waals surface area contributed by atoms with E-state index in [-0.39, 0.29) is 5.78 Å². The third-order valence-corrected chi connectivity index (χ3v) is 6.49. The van der Waals surface area contributed by atoms with Crippen molar-refractivity contribution in [2.24, 2.45) is 0 Å². The van der Waals surface area contributed by atoms with Crippen LogP contribution in [0.1, 0.15) is 38.2 Å². The highest BCUT2D eigenvalue weighted by Crippen LogP contribution is 2.58. The van der Waals surface area contributed by atoms with Gasteiger partial charge in [-0.15, -0.1) is 0 Å². The minimum absolute atomic E-state index is 0.0688. The van der Waals surface area contributed by atoms with Gasteiger partial charge in [-0.1, -0.05) is 115 Å². The first-order valence-corrected chi connectivity index (χ1v) is 10.6. The van der Waals surface area contributed by atoms with E-state index in [2.05, 4.69) is 97.1 Å². The topological polar surface area (TPSA) is 17.1 Å². The second-order valence-corrected chi connectivity index (χ2v) is 8.08. The predicted molar refractivity (Wildman–Crippen MR) is 126 cm³/mol. The number of fused-ring (bicyclic) bond motifs is 4. The average Bonchev–Trinajstić information content (AvgIpc) is 3.14. The Labute approximate surface area is 182 Å². The van der Waals surface area contributed by atoms with Crippen LogP contribution in [0.25, 0.3) is 11.1 Å². The Balaban J connectivity index is 1.81. The van der Waals surface area contributed by atoms with Crippen LogP contribution in [0.15, 0.2) is 121 Å². The Hall–Kier alpha value is -3.97. The largest absolute Gasteiger partial charge is 0.289 e. The molecule has 0 bridgehead atoms. The lowest BCUT2D eigenvalue weighted by atomic mass is 9.65. The van der Waals surface area contributed by atoms with Gasteiger partial charge in [0.25, 0.3) is 0 Å². The molecule has 31 heavy (non-hydrogen) atoms. The zero-order valence-corrected chi connectivity index (χ0v) is 17.0. The van der Waals surface area contributed by atoms with Gasteiger partial charge in [0.1, 0.15) is 0 Å². The van der Waals surface area contributed by atoms with Gasteiger partial charge >= 0.3 is 0 Å². The highest BCUT2D eigenvalue weighted by Gasteiger charge is 2.48. The van der Waals surface area contributed by atoms with Gasteiger partial charge in [0, 0.05) is 5.56 Å². The highest BCUT2D eigenvalue weighted by atomic mass is 16.1. The Morgan fingerprint density at radius 3 is 1.71 bits per heavy atom. The fourth-order valence-corrected chi connectivity index (χ4v) is 5.27. The molecule has 0 radical (unpaired) electrons. The summed E-state index contributed by atoms with van der Waals surface area (Å²) in [5.41, 5.74) is 8.61. The second kappa shape index (κ2) is 6.78. The highest BCUT2D eigenvalue weighted by molar-refractivity contribution is 6.15. The van der Waals surface area contributed by atoms with Gasteiger partial charge in [-0.05, 0) is 45.0 Å². The van der Waals surface area contributed by atoms with Crippen LogP contribution in [0.2, 0.25) is 0 Å². The molecule has 1 nitrogen and oxygen atoms in total. The number of ketones is 1. The summed E-state index contributed by atoms with van der Waals surface area (Å²) in [5.74, 6) is 0.0688. The monoisotopic (exact) mass is 396 g/mol. The van der Waals surface area contributed by atoms with Crippen molar-refractivity contribution in [2.75, 3.05) is 0 Å². The Bertz CT molecular complexity index is 1380. The van der Waals surface area contributed by atoms with Gasteiger partial charge in [0.05, 0.1) is 5.41 Å². The van der Waals surface area contributed by atoms with Crippen LogP contribution < -0.4 is 0 Å². The van der Waals surface area contributed by atoms with E-state index in [1.807, 2.05) is 18.2 Å². The molecule has 146 valence electrons. The van der Waals surface area contributed by atoms with Gasteiger partial charge in [-0.3, -0.25) is 4.79 Å². The first kappa shape index (κ1) is 17.9. The third-order valence-electron chi connectivity index (χ3n) is 6.49. The molecule has 0 aliphatic heterocycles. The van der Waals surface area contributed by atoms with Gasteiger partial charge in [0.15, 0.2) is 5.78 Å². The molecular weight excluding hydrogens is 376 g/mol. The van der Waals surface area contributed by atoms with Crippen LogP contribution in [0.3, 0.4) is 0 Å². The molecular formula is C30H20O. The molecule has 0 heterocycles.